The molecule has 4 nitrogen and oxygen atoms in total. The van der Waals surface area contributed by atoms with Crippen LogP contribution in [0.1, 0.15) is 31.7 Å². The number of sulfonamides is 1. The lowest BCUT2D eigenvalue weighted by Gasteiger charge is -2.14. The molecule has 1 aromatic rings. The summed E-state index contributed by atoms with van der Waals surface area (Å²) < 4.78 is 26.8. The largest absolute Gasteiger partial charge is 0.330 e. The maximum Gasteiger partial charge on any atom is 0.240 e. The van der Waals surface area contributed by atoms with Crippen molar-refractivity contribution in [3.05, 3.63) is 29.8 Å². The number of hydrogen-bond acceptors (Lipinski definition) is 3. The first-order valence-corrected chi connectivity index (χ1v) is 7.73. The van der Waals surface area contributed by atoms with Crippen LogP contribution >= 0.6 is 0 Å². The third-order valence-corrected chi connectivity index (χ3v) is 4.38. The van der Waals surface area contributed by atoms with Crippen LogP contribution in [0.25, 0.3) is 0 Å². The van der Waals surface area contributed by atoms with Crippen molar-refractivity contribution < 1.29 is 8.42 Å². The zero-order chi connectivity index (χ0) is 13.6. The Bertz CT molecular complexity index is 454. The summed E-state index contributed by atoms with van der Waals surface area (Å²) in [4.78, 5) is 0.318. The Kier molecular flexibility index (Phi) is 5.78. The summed E-state index contributed by atoms with van der Waals surface area (Å²) in [6, 6.07) is 6.79. The van der Waals surface area contributed by atoms with Crippen LogP contribution in [0.5, 0.6) is 0 Å². The Balaban J connectivity index is 2.61. The van der Waals surface area contributed by atoms with E-state index in [0.717, 1.165) is 24.8 Å². The fourth-order valence-electron chi connectivity index (χ4n) is 1.70. The predicted molar refractivity (Wildman–Crippen MR) is 73.9 cm³/mol. The molecule has 0 saturated carbocycles. The molecule has 1 rings (SSSR count). The lowest BCUT2D eigenvalue weighted by molar-refractivity contribution is 0.530. The lowest BCUT2D eigenvalue weighted by Crippen LogP contribution is -2.32. The molecule has 5 heteroatoms. The second-order valence-corrected chi connectivity index (χ2v) is 6.33. The topological polar surface area (TPSA) is 72.2 Å². The van der Waals surface area contributed by atoms with Gasteiger partial charge in [-0.3, -0.25) is 0 Å². The number of rotatable bonds is 7. The van der Waals surface area contributed by atoms with Crippen LogP contribution in [0.15, 0.2) is 29.2 Å². The van der Waals surface area contributed by atoms with Crippen molar-refractivity contribution >= 4 is 10.0 Å². The van der Waals surface area contributed by atoms with Crippen molar-refractivity contribution in [3.63, 3.8) is 0 Å². The monoisotopic (exact) mass is 270 g/mol. The van der Waals surface area contributed by atoms with Gasteiger partial charge >= 0.3 is 0 Å². The molecule has 0 aliphatic rings. The smallest absolute Gasteiger partial charge is 0.240 e. The van der Waals surface area contributed by atoms with Crippen molar-refractivity contribution in [2.45, 2.75) is 44.0 Å². The van der Waals surface area contributed by atoms with Gasteiger partial charge < -0.3 is 5.73 Å². The molecule has 0 spiro atoms. The van der Waals surface area contributed by atoms with Crippen LogP contribution in [-0.2, 0) is 10.0 Å². The Morgan fingerprint density at radius 3 is 2.39 bits per heavy atom. The maximum atomic E-state index is 12.1. The molecule has 1 unspecified atom stereocenters. The van der Waals surface area contributed by atoms with Gasteiger partial charge in [0.05, 0.1) is 4.90 Å². The first-order chi connectivity index (χ1) is 8.45. The number of nitrogens with one attached hydrogen (secondary N) is 1. The van der Waals surface area contributed by atoms with Gasteiger partial charge in [-0.1, -0.05) is 24.1 Å². The Morgan fingerprint density at radius 1 is 1.22 bits per heavy atom. The zero-order valence-corrected chi connectivity index (χ0v) is 11.8. The van der Waals surface area contributed by atoms with Crippen LogP contribution in [-0.4, -0.2) is 21.0 Å². The molecule has 0 fully saturated rings. The van der Waals surface area contributed by atoms with E-state index in [9.17, 15) is 8.42 Å². The molecular weight excluding hydrogens is 248 g/mol. The van der Waals surface area contributed by atoms with E-state index in [4.69, 9.17) is 5.73 Å². The van der Waals surface area contributed by atoms with Crippen molar-refractivity contribution in [1.82, 2.24) is 4.72 Å². The highest BCUT2D eigenvalue weighted by Gasteiger charge is 2.16. The Labute approximate surface area is 110 Å². The Hall–Kier alpha value is -0.910. The SMILES string of the molecule is Cc1ccc(S(=O)(=O)NC(C)CCCCN)cc1. The molecule has 3 N–H and O–H groups in total. The molecule has 0 radical (unpaired) electrons. The average Bonchev–Trinajstić information content (AvgIpc) is 2.29. The minimum absolute atomic E-state index is 0.0668. The third-order valence-electron chi connectivity index (χ3n) is 2.78. The quantitative estimate of drug-likeness (QED) is 0.742. The van der Waals surface area contributed by atoms with Gasteiger partial charge in [-0.25, -0.2) is 13.1 Å². The highest BCUT2D eigenvalue weighted by molar-refractivity contribution is 7.89. The Morgan fingerprint density at radius 2 is 1.83 bits per heavy atom. The molecule has 0 saturated heterocycles. The molecule has 0 heterocycles. The van der Waals surface area contributed by atoms with E-state index in [0.29, 0.717) is 11.4 Å². The van der Waals surface area contributed by atoms with Crippen molar-refractivity contribution in [1.29, 1.82) is 0 Å². The summed E-state index contributed by atoms with van der Waals surface area (Å²) in [5, 5.41) is 0. The number of benzene rings is 1. The van der Waals surface area contributed by atoms with Gasteiger partial charge in [-0.15, -0.1) is 0 Å². The summed E-state index contributed by atoms with van der Waals surface area (Å²) in [6.07, 6.45) is 2.67. The number of nitrogens with two attached hydrogens (primary N) is 1. The highest BCUT2D eigenvalue weighted by atomic mass is 32.2. The summed E-state index contributed by atoms with van der Waals surface area (Å²) in [6.45, 7) is 4.46. The second-order valence-electron chi connectivity index (χ2n) is 4.62. The molecule has 0 bridgehead atoms. The van der Waals surface area contributed by atoms with Gasteiger partial charge in [0, 0.05) is 6.04 Å². The first kappa shape index (κ1) is 15.1. The van der Waals surface area contributed by atoms with Gasteiger partial charge in [-0.2, -0.15) is 0 Å². The molecule has 1 aromatic carbocycles. The third kappa shape index (κ3) is 4.76. The normalized spacial score (nSPS) is 13.5. The summed E-state index contributed by atoms with van der Waals surface area (Å²) >= 11 is 0. The molecule has 1 atom stereocenters. The van der Waals surface area contributed by atoms with E-state index in [1.165, 1.54) is 0 Å². The van der Waals surface area contributed by atoms with Gasteiger partial charge in [0.2, 0.25) is 10.0 Å². The zero-order valence-electron chi connectivity index (χ0n) is 11.0. The van der Waals surface area contributed by atoms with Crippen LogP contribution in [0.3, 0.4) is 0 Å². The van der Waals surface area contributed by atoms with Crippen LogP contribution < -0.4 is 10.5 Å². The number of aryl methyl sites for hydroxylation is 1. The fourth-order valence-corrected chi connectivity index (χ4v) is 2.98. The summed E-state index contributed by atoms with van der Waals surface area (Å²) in [5.41, 5.74) is 6.45. The minimum Gasteiger partial charge on any atom is -0.330 e. The van der Waals surface area contributed by atoms with Crippen LogP contribution in [0.4, 0.5) is 0 Å². The van der Waals surface area contributed by atoms with E-state index in [1.54, 1.807) is 24.3 Å². The standard InChI is InChI=1S/C13H22N2O2S/c1-11-6-8-13(9-7-11)18(16,17)15-12(2)5-3-4-10-14/h6-9,12,15H,3-5,10,14H2,1-2H3. The van der Waals surface area contributed by atoms with E-state index >= 15 is 0 Å². The van der Waals surface area contributed by atoms with E-state index < -0.39 is 10.0 Å². The highest BCUT2D eigenvalue weighted by Crippen LogP contribution is 2.11. The first-order valence-electron chi connectivity index (χ1n) is 6.25. The molecule has 18 heavy (non-hydrogen) atoms. The fraction of sp³-hybridized carbons (Fsp3) is 0.538. The van der Waals surface area contributed by atoms with Crippen LogP contribution in [0, 0.1) is 6.92 Å². The number of hydrogen-bond donors (Lipinski definition) is 2. The van der Waals surface area contributed by atoms with E-state index in [2.05, 4.69) is 4.72 Å². The minimum atomic E-state index is -3.39. The lowest BCUT2D eigenvalue weighted by atomic mass is 10.1. The molecule has 0 aromatic heterocycles. The molecular formula is C13H22N2O2S. The van der Waals surface area contributed by atoms with E-state index in [-0.39, 0.29) is 6.04 Å². The van der Waals surface area contributed by atoms with Crippen molar-refractivity contribution in [2.75, 3.05) is 6.54 Å². The molecule has 102 valence electrons. The summed E-state index contributed by atoms with van der Waals surface area (Å²) in [7, 11) is -3.39. The van der Waals surface area contributed by atoms with Gasteiger partial charge in [-0.05, 0) is 45.4 Å². The van der Waals surface area contributed by atoms with Crippen LogP contribution in [0.2, 0.25) is 0 Å². The number of unbranched alkanes of at least 4 members (excludes halogenated alkanes) is 1. The van der Waals surface area contributed by atoms with Gasteiger partial charge in [0.15, 0.2) is 0 Å². The summed E-state index contributed by atoms with van der Waals surface area (Å²) in [5.74, 6) is 0. The van der Waals surface area contributed by atoms with Gasteiger partial charge in [0.25, 0.3) is 0 Å². The second kappa shape index (κ2) is 6.87. The van der Waals surface area contributed by atoms with E-state index in [1.807, 2.05) is 13.8 Å². The maximum absolute atomic E-state index is 12.1. The molecule has 0 amide bonds. The average molecular weight is 270 g/mol. The van der Waals surface area contributed by atoms with Crippen molar-refractivity contribution in [3.8, 4) is 0 Å². The molecule has 0 aliphatic carbocycles. The molecule has 0 aliphatic heterocycles. The predicted octanol–water partition coefficient (Wildman–Crippen LogP) is 1.79. The van der Waals surface area contributed by atoms with Gasteiger partial charge in [0.1, 0.15) is 0 Å². The van der Waals surface area contributed by atoms with Crippen molar-refractivity contribution in [2.24, 2.45) is 5.73 Å².